The maximum Gasteiger partial charge on any atom is 0.306 e. The van der Waals surface area contributed by atoms with Crippen molar-refractivity contribution in [3.05, 3.63) is 84.4 Å². The number of amides is 2. The van der Waals surface area contributed by atoms with Gasteiger partial charge in [0.2, 0.25) is 5.91 Å². The summed E-state index contributed by atoms with van der Waals surface area (Å²) in [5.41, 5.74) is 2.23. The summed E-state index contributed by atoms with van der Waals surface area (Å²) in [6.07, 6.45) is -0.145. The zero-order valence-electron chi connectivity index (χ0n) is 17.7. The molecule has 0 radical (unpaired) electrons. The van der Waals surface area contributed by atoms with Crippen LogP contribution in [0.2, 0.25) is 0 Å². The molecule has 0 aliphatic rings. The normalized spacial score (nSPS) is 10.2. The summed E-state index contributed by atoms with van der Waals surface area (Å²) in [5, 5.41) is 5.36. The minimum absolute atomic E-state index is 0.0305. The monoisotopic (exact) mass is 432 g/mol. The van der Waals surface area contributed by atoms with E-state index in [1.807, 2.05) is 55.5 Å². The lowest BCUT2D eigenvalue weighted by molar-refractivity contribution is -0.147. The van der Waals surface area contributed by atoms with Gasteiger partial charge in [-0.25, -0.2) is 0 Å². The molecule has 0 fully saturated rings. The number of benzene rings is 3. The van der Waals surface area contributed by atoms with Gasteiger partial charge in [0.1, 0.15) is 11.5 Å². The van der Waals surface area contributed by atoms with Crippen LogP contribution in [0.25, 0.3) is 0 Å². The van der Waals surface area contributed by atoms with Crippen LogP contribution < -0.4 is 15.4 Å². The van der Waals surface area contributed by atoms with E-state index in [2.05, 4.69) is 10.6 Å². The Hall–Kier alpha value is -4.13. The molecular formula is C25H24N2O5. The third-order valence-electron chi connectivity index (χ3n) is 4.34. The molecule has 0 aromatic heterocycles. The lowest BCUT2D eigenvalue weighted by Crippen LogP contribution is -2.21. The second-order valence-electron chi connectivity index (χ2n) is 7.07. The van der Waals surface area contributed by atoms with Gasteiger partial charge in [0.05, 0.1) is 6.42 Å². The molecule has 0 spiro atoms. The number of rotatable bonds is 9. The fourth-order valence-electron chi connectivity index (χ4n) is 2.81. The van der Waals surface area contributed by atoms with Crippen LogP contribution in [0.15, 0.2) is 78.9 Å². The topological polar surface area (TPSA) is 93.7 Å². The Balaban J connectivity index is 1.36. The van der Waals surface area contributed by atoms with Crippen molar-refractivity contribution < 1.29 is 23.9 Å². The molecule has 0 aliphatic heterocycles. The highest BCUT2D eigenvalue weighted by atomic mass is 16.5. The molecule has 3 rings (SSSR count). The first-order valence-corrected chi connectivity index (χ1v) is 10.1. The van der Waals surface area contributed by atoms with Gasteiger partial charge >= 0.3 is 5.97 Å². The zero-order valence-corrected chi connectivity index (χ0v) is 17.7. The summed E-state index contributed by atoms with van der Waals surface area (Å²) in [7, 11) is 0. The Morgan fingerprint density at radius 3 is 2.12 bits per heavy atom. The summed E-state index contributed by atoms with van der Waals surface area (Å²) in [5.74, 6) is -0.0476. The minimum atomic E-state index is -0.619. The molecule has 2 N–H and O–H groups in total. The zero-order chi connectivity index (χ0) is 22.8. The molecule has 0 saturated carbocycles. The quantitative estimate of drug-likeness (QED) is 0.479. The first-order chi connectivity index (χ1) is 15.5. The molecule has 0 saturated heterocycles. The molecule has 0 bridgehead atoms. The first-order valence-electron chi connectivity index (χ1n) is 10.1. The van der Waals surface area contributed by atoms with Crippen molar-refractivity contribution in [3.8, 4) is 11.5 Å². The smallest absolute Gasteiger partial charge is 0.306 e. The molecule has 0 atom stereocenters. The van der Waals surface area contributed by atoms with Gasteiger partial charge in [-0.1, -0.05) is 30.3 Å². The van der Waals surface area contributed by atoms with E-state index >= 15 is 0 Å². The van der Waals surface area contributed by atoms with Crippen LogP contribution in [-0.2, 0) is 19.1 Å². The van der Waals surface area contributed by atoms with E-state index in [9.17, 15) is 14.4 Å². The first kappa shape index (κ1) is 22.6. The summed E-state index contributed by atoms with van der Waals surface area (Å²) in [4.78, 5) is 35.8. The predicted octanol–water partition coefficient (Wildman–Crippen LogP) is 4.69. The number of carbonyl (C=O) groups excluding carboxylic acids is 3. The summed E-state index contributed by atoms with van der Waals surface area (Å²) in [6, 6.07) is 23.5. The number of esters is 1. The second-order valence-corrected chi connectivity index (χ2v) is 7.07. The average molecular weight is 432 g/mol. The van der Waals surface area contributed by atoms with Crippen molar-refractivity contribution in [3.63, 3.8) is 0 Å². The SMILES string of the molecule is Cc1cccc(NC(=O)CCC(=O)OCC(=O)Nc2ccc(Oc3ccccc3)cc2)c1. The van der Waals surface area contributed by atoms with Gasteiger partial charge in [0.15, 0.2) is 6.61 Å². The Labute approximate surface area is 186 Å². The van der Waals surface area contributed by atoms with Crippen molar-refractivity contribution >= 4 is 29.2 Å². The Morgan fingerprint density at radius 1 is 0.719 bits per heavy atom. The van der Waals surface area contributed by atoms with E-state index in [4.69, 9.17) is 9.47 Å². The summed E-state index contributed by atoms with van der Waals surface area (Å²) in [6.45, 7) is 1.49. The average Bonchev–Trinajstić information content (AvgIpc) is 2.78. The molecule has 3 aromatic carbocycles. The van der Waals surface area contributed by atoms with E-state index < -0.39 is 18.5 Å². The van der Waals surface area contributed by atoms with Crippen LogP contribution >= 0.6 is 0 Å². The number of nitrogens with one attached hydrogen (secondary N) is 2. The van der Waals surface area contributed by atoms with Crippen molar-refractivity contribution in [1.29, 1.82) is 0 Å². The van der Waals surface area contributed by atoms with Gasteiger partial charge in [-0.3, -0.25) is 14.4 Å². The number of aryl methyl sites for hydroxylation is 1. The molecule has 32 heavy (non-hydrogen) atoms. The molecular weight excluding hydrogens is 408 g/mol. The standard InChI is InChI=1S/C25H24N2O5/c1-18-6-5-7-20(16-18)27-23(28)14-15-25(30)31-17-24(29)26-19-10-12-22(13-11-19)32-21-8-3-2-4-9-21/h2-13,16H,14-15,17H2,1H3,(H,26,29)(H,27,28). The molecule has 2 amide bonds. The summed E-state index contributed by atoms with van der Waals surface area (Å²) < 4.78 is 10.6. The molecule has 164 valence electrons. The van der Waals surface area contributed by atoms with E-state index in [0.29, 0.717) is 22.9 Å². The van der Waals surface area contributed by atoms with E-state index in [-0.39, 0.29) is 18.7 Å². The largest absolute Gasteiger partial charge is 0.457 e. The predicted molar refractivity (Wildman–Crippen MR) is 122 cm³/mol. The number of hydrogen-bond donors (Lipinski definition) is 2. The third kappa shape index (κ3) is 7.60. The van der Waals surface area contributed by atoms with Crippen molar-refractivity contribution in [2.75, 3.05) is 17.2 Å². The second kappa shape index (κ2) is 11.3. The van der Waals surface area contributed by atoms with Crippen LogP contribution in [-0.4, -0.2) is 24.4 Å². The highest BCUT2D eigenvalue weighted by molar-refractivity contribution is 5.94. The van der Waals surface area contributed by atoms with Crippen LogP contribution in [0, 0.1) is 6.92 Å². The van der Waals surface area contributed by atoms with Gasteiger partial charge in [-0.2, -0.15) is 0 Å². The number of para-hydroxylation sites is 1. The molecule has 3 aromatic rings. The van der Waals surface area contributed by atoms with Crippen LogP contribution in [0.1, 0.15) is 18.4 Å². The van der Waals surface area contributed by atoms with Crippen molar-refractivity contribution in [2.24, 2.45) is 0 Å². The van der Waals surface area contributed by atoms with E-state index in [1.165, 1.54) is 0 Å². The number of carbonyl (C=O) groups is 3. The third-order valence-corrected chi connectivity index (χ3v) is 4.34. The fourth-order valence-corrected chi connectivity index (χ4v) is 2.81. The van der Waals surface area contributed by atoms with Gasteiger partial charge in [-0.05, 0) is 61.0 Å². The maximum absolute atomic E-state index is 12.0. The maximum atomic E-state index is 12.0. The molecule has 0 aliphatic carbocycles. The lowest BCUT2D eigenvalue weighted by Gasteiger charge is -2.09. The fraction of sp³-hybridized carbons (Fsp3) is 0.160. The highest BCUT2D eigenvalue weighted by Crippen LogP contribution is 2.22. The summed E-state index contributed by atoms with van der Waals surface area (Å²) >= 11 is 0. The Morgan fingerprint density at radius 2 is 1.41 bits per heavy atom. The molecule has 7 nitrogen and oxygen atoms in total. The Kier molecular flexibility index (Phi) is 7.97. The van der Waals surface area contributed by atoms with E-state index in [1.54, 1.807) is 30.3 Å². The van der Waals surface area contributed by atoms with Gasteiger partial charge in [0.25, 0.3) is 5.91 Å². The number of anilines is 2. The van der Waals surface area contributed by atoms with Crippen molar-refractivity contribution in [2.45, 2.75) is 19.8 Å². The van der Waals surface area contributed by atoms with Crippen molar-refractivity contribution in [1.82, 2.24) is 0 Å². The van der Waals surface area contributed by atoms with Crippen LogP contribution in [0.4, 0.5) is 11.4 Å². The molecule has 0 unspecified atom stereocenters. The Bertz CT molecular complexity index is 1070. The minimum Gasteiger partial charge on any atom is -0.457 e. The number of ether oxygens (including phenoxy) is 2. The van der Waals surface area contributed by atoms with Gasteiger partial charge in [-0.15, -0.1) is 0 Å². The van der Waals surface area contributed by atoms with Gasteiger partial charge in [0, 0.05) is 17.8 Å². The highest BCUT2D eigenvalue weighted by Gasteiger charge is 2.11. The number of hydrogen-bond acceptors (Lipinski definition) is 5. The van der Waals surface area contributed by atoms with Gasteiger partial charge < -0.3 is 20.1 Å². The van der Waals surface area contributed by atoms with Crippen LogP contribution in [0.5, 0.6) is 11.5 Å². The van der Waals surface area contributed by atoms with Crippen LogP contribution in [0.3, 0.4) is 0 Å². The van der Waals surface area contributed by atoms with E-state index in [0.717, 1.165) is 5.56 Å². The molecule has 0 heterocycles. The molecule has 7 heteroatoms. The lowest BCUT2D eigenvalue weighted by atomic mass is 10.2.